The predicted octanol–water partition coefficient (Wildman–Crippen LogP) is 0.439. The van der Waals surface area contributed by atoms with Crippen molar-refractivity contribution in [3.63, 3.8) is 0 Å². The second kappa shape index (κ2) is 4.24. The number of aromatic nitrogens is 3. The van der Waals surface area contributed by atoms with Crippen molar-refractivity contribution >= 4 is 11.7 Å². The first-order valence-electron chi connectivity index (χ1n) is 4.89. The summed E-state index contributed by atoms with van der Waals surface area (Å²) in [5.41, 5.74) is 5.34. The van der Waals surface area contributed by atoms with Crippen LogP contribution in [-0.4, -0.2) is 21.2 Å². The quantitative estimate of drug-likeness (QED) is 0.794. The van der Waals surface area contributed by atoms with Crippen LogP contribution in [0, 0.1) is 6.92 Å². The zero-order chi connectivity index (χ0) is 12.4. The first-order valence-corrected chi connectivity index (χ1v) is 4.89. The Bertz CT molecular complexity index is 532. The average Bonchev–Trinajstić information content (AvgIpc) is 2.86. The number of hydrogen-bond acceptors (Lipinski definition) is 7. The van der Waals surface area contributed by atoms with Gasteiger partial charge in [0.2, 0.25) is 17.4 Å². The number of nitrogen functional groups attached to an aromatic ring is 1. The highest BCUT2D eigenvalue weighted by atomic mass is 16.6. The third-order valence-corrected chi connectivity index (χ3v) is 2.09. The van der Waals surface area contributed by atoms with Crippen LogP contribution in [0.5, 0.6) is 0 Å². The van der Waals surface area contributed by atoms with Gasteiger partial charge >= 0.3 is 0 Å². The molecule has 90 valence electrons. The Labute approximate surface area is 96.1 Å². The van der Waals surface area contributed by atoms with Gasteiger partial charge in [0.05, 0.1) is 6.20 Å². The van der Waals surface area contributed by atoms with Gasteiger partial charge in [-0.15, -0.1) is 0 Å². The van der Waals surface area contributed by atoms with Gasteiger partial charge in [0, 0.05) is 0 Å². The molecule has 2 heterocycles. The maximum atomic E-state index is 11.7. The fraction of sp³-hybridized carbons (Fsp3) is 0.333. The molecular weight excluding hydrogens is 226 g/mol. The largest absolute Gasteiger partial charge is 0.444 e. The molecule has 0 spiro atoms. The van der Waals surface area contributed by atoms with E-state index in [1.165, 1.54) is 0 Å². The van der Waals surface area contributed by atoms with Crippen molar-refractivity contribution in [1.82, 2.24) is 20.6 Å². The van der Waals surface area contributed by atoms with Crippen LogP contribution in [0.3, 0.4) is 0 Å². The summed E-state index contributed by atoms with van der Waals surface area (Å²) in [6, 6.07) is -0.396. The van der Waals surface area contributed by atoms with Crippen LogP contribution in [0.1, 0.15) is 35.1 Å². The Hall–Kier alpha value is -2.38. The number of oxazole rings is 1. The normalized spacial score (nSPS) is 12.4. The van der Waals surface area contributed by atoms with Crippen molar-refractivity contribution in [2.24, 2.45) is 0 Å². The second-order valence-corrected chi connectivity index (χ2v) is 3.50. The molecule has 0 aliphatic heterocycles. The van der Waals surface area contributed by atoms with Gasteiger partial charge in [0.1, 0.15) is 11.8 Å². The molecule has 17 heavy (non-hydrogen) atoms. The van der Waals surface area contributed by atoms with Gasteiger partial charge in [0.25, 0.3) is 5.91 Å². The van der Waals surface area contributed by atoms with E-state index < -0.39 is 11.9 Å². The van der Waals surface area contributed by atoms with Crippen molar-refractivity contribution in [3.8, 4) is 0 Å². The third kappa shape index (κ3) is 2.25. The molecule has 0 aromatic carbocycles. The van der Waals surface area contributed by atoms with Gasteiger partial charge in [-0.05, 0) is 24.2 Å². The summed E-state index contributed by atoms with van der Waals surface area (Å²) in [5.74, 6) is 0.528. The molecule has 0 aliphatic rings. The van der Waals surface area contributed by atoms with E-state index in [-0.39, 0.29) is 11.5 Å². The van der Waals surface area contributed by atoms with Crippen LogP contribution < -0.4 is 11.1 Å². The summed E-state index contributed by atoms with van der Waals surface area (Å²) < 4.78 is 9.61. The third-order valence-electron chi connectivity index (χ3n) is 2.09. The zero-order valence-corrected chi connectivity index (χ0v) is 9.30. The van der Waals surface area contributed by atoms with E-state index >= 15 is 0 Å². The van der Waals surface area contributed by atoms with E-state index in [2.05, 4.69) is 25.2 Å². The number of nitrogens with two attached hydrogens (primary N) is 1. The van der Waals surface area contributed by atoms with Gasteiger partial charge in [-0.25, -0.2) is 9.61 Å². The number of aryl methyl sites for hydroxylation is 1. The molecule has 1 amide bonds. The maximum absolute atomic E-state index is 11.7. The van der Waals surface area contributed by atoms with E-state index in [9.17, 15) is 4.79 Å². The standard InChI is InChI=1S/C9H11N5O3/c1-4-3-11-9(16-4)5(2)12-8(15)6-7(10)14-17-13-6/h3,5H,1-2H3,(H2,10,14)(H,12,15). The summed E-state index contributed by atoms with van der Waals surface area (Å²) in [5, 5.41) is 9.32. The summed E-state index contributed by atoms with van der Waals surface area (Å²) in [6.07, 6.45) is 1.57. The Morgan fingerprint density at radius 1 is 1.53 bits per heavy atom. The second-order valence-electron chi connectivity index (χ2n) is 3.50. The van der Waals surface area contributed by atoms with Crippen molar-refractivity contribution in [3.05, 3.63) is 23.5 Å². The first kappa shape index (κ1) is 11.1. The van der Waals surface area contributed by atoms with Gasteiger partial charge in [0.15, 0.2) is 0 Å². The highest BCUT2D eigenvalue weighted by Gasteiger charge is 2.20. The van der Waals surface area contributed by atoms with E-state index in [1.807, 2.05) is 0 Å². The molecule has 0 fully saturated rings. The van der Waals surface area contributed by atoms with E-state index in [0.717, 1.165) is 0 Å². The molecule has 8 heteroatoms. The van der Waals surface area contributed by atoms with Crippen LogP contribution in [0.2, 0.25) is 0 Å². The molecule has 0 saturated carbocycles. The van der Waals surface area contributed by atoms with Crippen LogP contribution >= 0.6 is 0 Å². The molecule has 3 N–H and O–H groups in total. The Kier molecular flexibility index (Phi) is 2.77. The summed E-state index contributed by atoms with van der Waals surface area (Å²) >= 11 is 0. The van der Waals surface area contributed by atoms with Crippen LogP contribution in [0.25, 0.3) is 0 Å². The van der Waals surface area contributed by atoms with Crippen LogP contribution in [-0.2, 0) is 0 Å². The predicted molar refractivity (Wildman–Crippen MR) is 55.8 cm³/mol. The molecule has 2 aromatic heterocycles. The number of carbonyl (C=O) groups is 1. The Morgan fingerprint density at radius 2 is 2.29 bits per heavy atom. The van der Waals surface area contributed by atoms with Gasteiger partial charge in [-0.2, -0.15) is 0 Å². The van der Waals surface area contributed by atoms with Crippen molar-refractivity contribution < 1.29 is 13.8 Å². The molecule has 2 aromatic rings. The summed E-state index contributed by atoms with van der Waals surface area (Å²) in [7, 11) is 0. The smallest absolute Gasteiger partial charge is 0.278 e. The lowest BCUT2D eigenvalue weighted by molar-refractivity contribution is 0.0924. The molecule has 2 rings (SSSR count). The van der Waals surface area contributed by atoms with E-state index in [0.29, 0.717) is 11.7 Å². The number of nitrogens with zero attached hydrogens (tertiary/aromatic N) is 3. The van der Waals surface area contributed by atoms with Gasteiger partial charge in [-0.1, -0.05) is 0 Å². The minimum absolute atomic E-state index is 0.0554. The molecule has 0 bridgehead atoms. The number of rotatable bonds is 3. The number of amides is 1. The minimum atomic E-state index is -0.493. The number of carbonyl (C=O) groups excluding carboxylic acids is 1. The minimum Gasteiger partial charge on any atom is -0.444 e. The SMILES string of the molecule is Cc1cnc(C(C)NC(=O)c2nonc2N)o1. The lowest BCUT2D eigenvalue weighted by atomic mass is 10.3. The number of hydrogen-bond donors (Lipinski definition) is 2. The molecule has 1 atom stereocenters. The van der Waals surface area contributed by atoms with Crippen molar-refractivity contribution in [2.45, 2.75) is 19.9 Å². The fourth-order valence-corrected chi connectivity index (χ4v) is 1.25. The topological polar surface area (TPSA) is 120 Å². The van der Waals surface area contributed by atoms with Crippen LogP contribution in [0.15, 0.2) is 15.2 Å². The Balaban J connectivity index is 2.07. The highest BCUT2D eigenvalue weighted by molar-refractivity contribution is 5.96. The van der Waals surface area contributed by atoms with Gasteiger partial charge in [-0.3, -0.25) is 4.79 Å². The number of anilines is 1. The fourth-order valence-electron chi connectivity index (χ4n) is 1.25. The summed E-state index contributed by atoms with van der Waals surface area (Å²) in [6.45, 7) is 3.50. The highest BCUT2D eigenvalue weighted by Crippen LogP contribution is 2.13. The molecule has 8 nitrogen and oxygen atoms in total. The first-order chi connectivity index (χ1) is 8.08. The summed E-state index contributed by atoms with van der Waals surface area (Å²) in [4.78, 5) is 15.7. The molecule has 1 unspecified atom stereocenters. The van der Waals surface area contributed by atoms with Crippen LogP contribution in [0.4, 0.5) is 5.82 Å². The molecular formula is C9H11N5O3. The maximum Gasteiger partial charge on any atom is 0.278 e. The van der Waals surface area contributed by atoms with E-state index in [4.69, 9.17) is 10.2 Å². The number of nitrogens with one attached hydrogen (secondary N) is 1. The molecule has 0 radical (unpaired) electrons. The van der Waals surface area contributed by atoms with E-state index in [1.54, 1.807) is 20.0 Å². The zero-order valence-electron chi connectivity index (χ0n) is 9.30. The lowest BCUT2D eigenvalue weighted by Gasteiger charge is -2.08. The van der Waals surface area contributed by atoms with Gasteiger partial charge < -0.3 is 15.5 Å². The lowest BCUT2D eigenvalue weighted by Crippen LogP contribution is -2.27. The Morgan fingerprint density at radius 3 is 2.82 bits per heavy atom. The monoisotopic (exact) mass is 237 g/mol. The molecule has 0 saturated heterocycles. The van der Waals surface area contributed by atoms with Crippen molar-refractivity contribution in [1.29, 1.82) is 0 Å². The molecule has 0 aliphatic carbocycles. The van der Waals surface area contributed by atoms with Crippen molar-refractivity contribution in [2.75, 3.05) is 5.73 Å². The average molecular weight is 237 g/mol.